The van der Waals surface area contributed by atoms with Crippen LogP contribution in [0.4, 0.5) is 0 Å². The molecule has 0 radical (unpaired) electrons. The van der Waals surface area contributed by atoms with E-state index >= 15 is 0 Å². The maximum atomic E-state index is 11.4. The highest BCUT2D eigenvalue weighted by molar-refractivity contribution is 7.87. The third kappa shape index (κ3) is 0.684. The normalized spacial score (nSPS) is 59.6. The zero-order valence-corrected chi connectivity index (χ0v) is 7.80. The highest BCUT2D eigenvalue weighted by atomic mass is 32.2. The second-order valence-corrected chi connectivity index (χ2v) is 6.54. The van der Waals surface area contributed by atoms with Crippen LogP contribution in [0.5, 0.6) is 0 Å². The summed E-state index contributed by atoms with van der Waals surface area (Å²) in [6.45, 7) is 2.18. The first kappa shape index (κ1) is 7.33. The topological polar surface area (TPSA) is 43.4 Å². The van der Waals surface area contributed by atoms with Crippen LogP contribution < -0.4 is 0 Å². The van der Waals surface area contributed by atoms with E-state index in [1.165, 1.54) is 0 Å². The predicted molar refractivity (Wildman–Crippen MR) is 43.0 cm³/mol. The van der Waals surface area contributed by atoms with Gasteiger partial charge in [-0.05, 0) is 24.7 Å². The fourth-order valence-corrected chi connectivity index (χ4v) is 5.26. The minimum Gasteiger partial charge on any atom is -0.266 e. The van der Waals surface area contributed by atoms with Gasteiger partial charge < -0.3 is 0 Å². The van der Waals surface area contributed by atoms with E-state index in [9.17, 15) is 8.42 Å². The third-order valence-corrected chi connectivity index (χ3v) is 5.47. The lowest BCUT2D eigenvalue weighted by molar-refractivity contribution is 0.177. The molecular weight excluding hydrogens is 176 g/mol. The quantitative estimate of drug-likeness (QED) is 0.530. The minimum absolute atomic E-state index is 0.0266. The monoisotopic (exact) mass is 188 g/mol. The van der Waals surface area contributed by atoms with Gasteiger partial charge in [-0.15, -0.1) is 0 Å². The summed E-state index contributed by atoms with van der Waals surface area (Å²) in [6, 6.07) is 0. The van der Waals surface area contributed by atoms with Crippen molar-refractivity contribution >= 4 is 10.1 Å². The Labute approximate surface area is 72.2 Å². The van der Waals surface area contributed by atoms with E-state index in [0.29, 0.717) is 5.92 Å². The molecular formula is C8H12O3S. The van der Waals surface area contributed by atoms with Crippen molar-refractivity contribution < 1.29 is 12.6 Å². The summed E-state index contributed by atoms with van der Waals surface area (Å²) in [5.41, 5.74) is 0.267. The number of fused-ring (bicyclic) bond motifs is 1. The van der Waals surface area contributed by atoms with E-state index in [1.54, 1.807) is 0 Å². The van der Waals surface area contributed by atoms with Crippen molar-refractivity contribution in [1.29, 1.82) is 0 Å². The molecule has 0 aromatic carbocycles. The Hall–Kier alpha value is -0.0900. The van der Waals surface area contributed by atoms with Gasteiger partial charge in [0.1, 0.15) is 0 Å². The molecule has 4 atom stereocenters. The Bertz CT molecular complexity index is 330. The van der Waals surface area contributed by atoms with Gasteiger partial charge in [-0.25, -0.2) is 0 Å². The van der Waals surface area contributed by atoms with Crippen molar-refractivity contribution in [3.63, 3.8) is 0 Å². The molecule has 1 aliphatic heterocycles. The smallest absolute Gasteiger partial charge is 0.266 e. The molecule has 1 saturated heterocycles. The molecule has 0 N–H and O–H groups in total. The van der Waals surface area contributed by atoms with Crippen LogP contribution in [0, 0.1) is 11.3 Å². The molecule has 0 amide bonds. The van der Waals surface area contributed by atoms with Gasteiger partial charge in [0.2, 0.25) is 0 Å². The first-order chi connectivity index (χ1) is 5.50. The summed E-state index contributed by atoms with van der Waals surface area (Å²) < 4.78 is 27.9. The average Bonchev–Trinajstić information content (AvgIpc) is 2.40. The van der Waals surface area contributed by atoms with Crippen molar-refractivity contribution in [3.05, 3.63) is 0 Å². The summed E-state index contributed by atoms with van der Waals surface area (Å²) in [5.74, 6) is 0.319. The van der Waals surface area contributed by atoms with Crippen molar-refractivity contribution in [3.8, 4) is 0 Å². The van der Waals surface area contributed by atoms with E-state index < -0.39 is 10.1 Å². The number of rotatable bonds is 0. The predicted octanol–water partition coefficient (Wildman–Crippen LogP) is 0.904. The van der Waals surface area contributed by atoms with Crippen LogP contribution in [0.25, 0.3) is 0 Å². The Morgan fingerprint density at radius 2 is 2.08 bits per heavy atom. The van der Waals surface area contributed by atoms with E-state index in [0.717, 1.165) is 19.3 Å². The van der Waals surface area contributed by atoms with E-state index in [-0.39, 0.29) is 16.8 Å². The summed E-state index contributed by atoms with van der Waals surface area (Å²) in [4.78, 5) is 0. The largest absolute Gasteiger partial charge is 0.270 e. The number of hydrogen-bond acceptors (Lipinski definition) is 3. The first-order valence-corrected chi connectivity index (χ1v) is 5.89. The Balaban J connectivity index is 2.13. The van der Waals surface area contributed by atoms with Crippen LogP contribution in [0.3, 0.4) is 0 Å². The van der Waals surface area contributed by atoms with Crippen LogP contribution in [0.1, 0.15) is 26.2 Å². The lowest BCUT2D eigenvalue weighted by Gasteiger charge is -2.21. The summed E-state index contributed by atoms with van der Waals surface area (Å²) in [6.07, 6.45) is 2.87. The fraction of sp³-hybridized carbons (Fsp3) is 1.00. The molecule has 12 heavy (non-hydrogen) atoms. The van der Waals surface area contributed by atoms with Gasteiger partial charge in [0, 0.05) is 5.92 Å². The zero-order valence-electron chi connectivity index (χ0n) is 6.99. The number of hydrogen-bond donors (Lipinski definition) is 0. The van der Waals surface area contributed by atoms with Gasteiger partial charge in [-0.3, -0.25) is 4.18 Å². The van der Waals surface area contributed by atoms with Crippen LogP contribution in [-0.2, 0) is 14.3 Å². The van der Waals surface area contributed by atoms with Crippen molar-refractivity contribution in [1.82, 2.24) is 0 Å². The van der Waals surface area contributed by atoms with Gasteiger partial charge in [0.25, 0.3) is 10.1 Å². The first-order valence-electron chi connectivity index (χ1n) is 4.42. The van der Waals surface area contributed by atoms with Crippen LogP contribution in [0.2, 0.25) is 0 Å². The highest BCUT2D eigenvalue weighted by Gasteiger charge is 2.63. The minimum atomic E-state index is -3.17. The van der Waals surface area contributed by atoms with Crippen molar-refractivity contribution in [2.45, 2.75) is 37.5 Å². The van der Waals surface area contributed by atoms with Crippen LogP contribution in [0.15, 0.2) is 0 Å². The second-order valence-electron chi connectivity index (χ2n) is 4.75. The van der Waals surface area contributed by atoms with E-state index in [2.05, 4.69) is 6.92 Å². The van der Waals surface area contributed by atoms with Gasteiger partial charge in [0.15, 0.2) is 0 Å². The molecule has 4 heteroatoms. The second kappa shape index (κ2) is 1.73. The Morgan fingerprint density at radius 3 is 2.58 bits per heavy atom. The molecule has 3 nitrogen and oxygen atoms in total. The zero-order chi connectivity index (χ0) is 8.56. The molecule has 2 aliphatic carbocycles. The van der Waals surface area contributed by atoms with E-state index in [4.69, 9.17) is 4.18 Å². The molecule has 0 spiro atoms. The van der Waals surface area contributed by atoms with Crippen molar-refractivity contribution in [2.24, 2.45) is 11.3 Å². The SMILES string of the molecule is CC12CC3C(C1)S(=O)(=O)O[C@H]3C2. The van der Waals surface area contributed by atoms with Gasteiger partial charge in [-0.1, -0.05) is 6.92 Å². The standard InChI is InChI=1S/C8H12O3S/c1-8-2-5-6(3-8)11-12(9,10)7(5)4-8/h5-7H,2-4H2,1H3/t5?,6-,7?,8?/m0/s1. The molecule has 68 valence electrons. The maximum Gasteiger partial charge on any atom is 0.270 e. The van der Waals surface area contributed by atoms with Gasteiger partial charge in [0.05, 0.1) is 11.4 Å². The maximum absolute atomic E-state index is 11.4. The molecule has 0 aromatic heterocycles. The molecule has 2 saturated carbocycles. The molecule has 0 aromatic rings. The molecule has 3 aliphatic rings. The summed E-state index contributed by atoms with van der Waals surface area (Å²) >= 11 is 0. The van der Waals surface area contributed by atoms with Crippen molar-refractivity contribution in [2.75, 3.05) is 0 Å². The summed E-state index contributed by atoms with van der Waals surface area (Å²) in [5, 5.41) is -0.166. The Kier molecular flexibility index (Phi) is 1.05. The summed E-state index contributed by atoms with van der Waals surface area (Å²) in [7, 11) is -3.17. The highest BCUT2D eigenvalue weighted by Crippen LogP contribution is 2.60. The van der Waals surface area contributed by atoms with Crippen LogP contribution >= 0.6 is 0 Å². The molecule has 3 rings (SSSR count). The fourth-order valence-electron chi connectivity index (χ4n) is 3.26. The average molecular weight is 188 g/mol. The lowest BCUT2D eigenvalue weighted by Crippen LogP contribution is -2.24. The molecule has 2 bridgehead atoms. The molecule has 3 fully saturated rings. The lowest BCUT2D eigenvalue weighted by atomic mass is 9.86. The molecule has 1 heterocycles. The third-order valence-electron chi connectivity index (χ3n) is 3.70. The molecule has 3 unspecified atom stereocenters. The van der Waals surface area contributed by atoms with E-state index in [1.807, 2.05) is 0 Å². The van der Waals surface area contributed by atoms with Gasteiger partial charge in [-0.2, -0.15) is 8.42 Å². The van der Waals surface area contributed by atoms with Gasteiger partial charge >= 0.3 is 0 Å². The van der Waals surface area contributed by atoms with Crippen LogP contribution in [-0.4, -0.2) is 19.8 Å². The Morgan fingerprint density at radius 1 is 1.33 bits per heavy atom.